The molecule has 0 aromatic heterocycles. The highest BCUT2D eigenvalue weighted by Gasteiger charge is 2.48. The number of hydrogen-bond acceptors (Lipinski definition) is 5. The average Bonchev–Trinajstić information content (AvgIpc) is 3.21. The Hall–Kier alpha value is -1.09. The van der Waals surface area contributed by atoms with Crippen LogP contribution in [0.3, 0.4) is 0 Å². The molecule has 2 bridgehead atoms. The lowest BCUT2D eigenvalue weighted by Crippen LogP contribution is -2.45. The minimum Gasteiger partial charge on any atom is -0.396 e. The fourth-order valence-corrected chi connectivity index (χ4v) is 6.22. The van der Waals surface area contributed by atoms with Gasteiger partial charge in [-0.2, -0.15) is 8.73 Å². The summed E-state index contributed by atoms with van der Waals surface area (Å²) in [4.78, 5) is 0.179. The molecule has 1 heterocycles. The third kappa shape index (κ3) is 2.17. The summed E-state index contributed by atoms with van der Waals surface area (Å²) >= 11 is 1.01. The molecule has 2 fully saturated rings. The zero-order chi connectivity index (χ0) is 15.3. The van der Waals surface area contributed by atoms with E-state index in [9.17, 15) is 13.5 Å². The van der Waals surface area contributed by atoms with Gasteiger partial charge in [0.15, 0.2) is 0 Å². The molecule has 118 valence electrons. The third-order valence-corrected chi connectivity index (χ3v) is 7.16. The molecule has 22 heavy (non-hydrogen) atoms. The molecule has 1 aromatic rings. The Balaban J connectivity index is 1.66. The van der Waals surface area contributed by atoms with Gasteiger partial charge in [0, 0.05) is 18.6 Å². The van der Waals surface area contributed by atoms with Gasteiger partial charge in [0.05, 0.1) is 11.4 Å². The molecule has 8 heteroatoms. The fourth-order valence-electron chi connectivity index (χ4n) is 4.10. The summed E-state index contributed by atoms with van der Waals surface area (Å²) in [6, 6.07) is 4.83. The molecule has 0 unspecified atom stereocenters. The first kappa shape index (κ1) is 14.5. The fraction of sp³-hybridized carbons (Fsp3) is 0.571. The SMILES string of the molecule is O=S(=O)(N[C@H]1[C@H]2CC[C@@H](C2)[C@@H]1CO)c1cccc2c1N=S=N2. The second kappa shape index (κ2) is 5.23. The number of aliphatic hydroxyl groups excluding tert-OH is 1. The number of rotatable bonds is 4. The van der Waals surface area contributed by atoms with Crippen molar-refractivity contribution in [2.45, 2.75) is 30.2 Å². The Morgan fingerprint density at radius 3 is 2.91 bits per heavy atom. The van der Waals surface area contributed by atoms with Crippen LogP contribution in [0.4, 0.5) is 11.4 Å². The normalized spacial score (nSPS) is 32.2. The summed E-state index contributed by atoms with van der Waals surface area (Å²) in [6.45, 7) is 0.0385. The van der Waals surface area contributed by atoms with E-state index in [0.29, 0.717) is 23.2 Å². The van der Waals surface area contributed by atoms with E-state index in [0.717, 1.165) is 30.6 Å². The van der Waals surface area contributed by atoms with E-state index in [1.54, 1.807) is 18.2 Å². The molecule has 0 radical (unpaired) electrons. The lowest BCUT2D eigenvalue weighted by atomic mass is 9.86. The number of hydrogen-bond donors (Lipinski definition) is 2. The van der Waals surface area contributed by atoms with Gasteiger partial charge in [0.1, 0.15) is 16.3 Å². The van der Waals surface area contributed by atoms with Crippen LogP contribution in [0.25, 0.3) is 0 Å². The van der Waals surface area contributed by atoms with Crippen molar-refractivity contribution < 1.29 is 13.5 Å². The molecule has 6 nitrogen and oxygen atoms in total. The average molecular weight is 339 g/mol. The van der Waals surface area contributed by atoms with Crippen LogP contribution in [-0.4, -0.2) is 26.2 Å². The maximum Gasteiger partial charge on any atom is 0.243 e. The minimum absolute atomic E-state index is 0.0290. The number of nitrogens with zero attached hydrogens (tertiary/aromatic N) is 2. The van der Waals surface area contributed by atoms with Gasteiger partial charge in [-0.05, 0) is 43.2 Å². The molecule has 1 aliphatic heterocycles. The molecule has 2 aliphatic carbocycles. The topological polar surface area (TPSA) is 91.1 Å². The highest BCUT2D eigenvalue weighted by Crippen LogP contribution is 2.49. The van der Waals surface area contributed by atoms with Crippen LogP contribution in [0.2, 0.25) is 0 Å². The van der Waals surface area contributed by atoms with Crippen molar-refractivity contribution in [3.63, 3.8) is 0 Å². The number of aliphatic hydroxyl groups is 1. The van der Waals surface area contributed by atoms with Gasteiger partial charge in [0.25, 0.3) is 0 Å². The van der Waals surface area contributed by atoms with Crippen LogP contribution in [0.5, 0.6) is 0 Å². The molecule has 3 aliphatic rings. The van der Waals surface area contributed by atoms with E-state index < -0.39 is 10.0 Å². The van der Waals surface area contributed by atoms with Crippen molar-refractivity contribution in [1.29, 1.82) is 0 Å². The van der Waals surface area contributed by atoms with Crippen molar-refractivity contribution >= 4 is 32.8 Å². The van der Waals surface area contributed by atoms with E-state index in [2.05, 4.69) is 13.4 Å². The Kier molecular flexibility index (Phi) is 3.44. The Labute approximate surface area is 132 Å². The van der Waals surface area contributed by atoms with E-state index >= 15 is 0 Å². The van der Waals surface area contributed by atoms with Crippen LogP contribution >= 0.6 is 0 Å². The van der Waals surface area contributed by atoms with Gasteiger partial charge in [0.2, 0.25) is 10.0 Å². The van der Waals surface area contributed by atoms with Crippen molar-refractivity contribution in [2.24, 2.45) is 26.5 Å². The molecule has 1 aromatic carbocycles. The smallest absolute Gasteiger partial charge is 0.243 e. The predicted octanol–water partition coefficient (Wildman–Crippen LogP) is 2.10. The lowest BCUT2D eigenvalue weighted by Gasteiger charge is -2.30. The van der Waals surface area contributed by atoms with Gasteiger partial charge < -0.3 is 5.11 Å². The monoisotopic (exact) mass is 339 g/mol. The molecule has 4 atom stereocenters. The summed E-state index contributed by atoms with van der Waals surface area (Å²) in [5.74, 6) is 0.811. The van der Waals surface area contributed by atoms with Gasteiger partial charge >= 0.3 is 0 Å². The van der Waals surface area contributed by atoms with Gasteiger partial charge in [-0.25, -0.2) is 13.1 Å². The van der Waals surface area contributed by atoms with Crippen molar-refractivity contribution in [3.8, 4) is 0 Å². The molecular weight excluding hydrogens is 322 g/mol. The largest absolute Gasteiger partial charge is 0.396 e. The molecule has 0 saturated heterocycles. The van der Waals surface area contributed by atoms with Crippen molar-refractivity contribution in [1.82, 2.24) is 4.72 Å². The first-order valence-electron chi connectivity index (χ1n) is 7.44. The van der Waals surface area contributed by atoms with Gasteiger partial charge in [-0.15, -0.1) is 0 Å². The number of nitrogens with one attached hydrogen (secondary N) is 1. The molecule has 4 rings (SSSR count). The predicted molar refractivity (Wildman–Crippen MR) is 83.5 cm³/mol. The van der Waals surface area contributed by atoms with Crippen LogP contribution in [0.15, 0.2) is 31.8 Å². The second-order valence-electron chi connectivity index (χ2n) is 6.21. The molecule has 0 spiro atoms. The zero-order valence-corrected chi connectivity index (χ0v) is 13.5. The first-order valence-corrected chi connectivity index (χ1v) is 9.66. The summed E-state index contributed by atoms with van der Waals surface area (Å²) in [7, 11) is -3.66. The minimum atomic E-state index is -3.66. The Morgan fingerprint density at radius 1 is 1.27 bits per heavy atom. The van der Waals surface area contributed by atoms with E-state index in [1.165, 1.54) is 0 Å². The van der Waals surface area contributed by atoms with Crippen LogP contribution in [0, 0.1) is 17.8 Å². The van der Waals surface area contributed by atoms with Crippen LogP contribution in [-0.2, 0) is 21.4 Å². The summed E-state index contributed by atoms with van der Waals surface area (Å²) in [6.07, 6.45) is 3.15. The molecular formula is C14H17N3O3S2. The van der Waals surface area contributed by atoms with Crippen molar-refractivity contribution in [2.75, 3.05) is 6.61 Å². The van der Waals surface area contributed by atoms with Crippen LogP contribution < -0.4 is 4.72 Å². The highest BCUT2D eigenvalue weighted by molar-refractivity contribution is 7.89. The highest BCUT2D eigenvalue weighted by atomic mass is 32.2. The lowest BCUT2D eigenvalue weighted by molar-refractivity contribution is 0.153. The number of fused-ring (bicyclic) bond motifs is 3. The molecule has 2 saturated carbocycles. The maximum absolute atomic E-state index is 12.8. The van der Waals surface area contributed by atoms with E-state index in [4.69, 9.17) is 0 Å². The summed E-state index contributed by atoms with van der Waals surface area (Å²) in [5.41, 5.74) is 1.02. The standard InChI is InChI=1S/C14H17N3O3S2/c18-7-10-8-4-5-9(6-8)13(10)17-22(19,20)12-3-1-2-11-14(12)16-21-15-11/h1-3,8-10,13,17-18H,4-7H2/t8-,9-,10-,13-/m0/s1. The quantitative estimate of drug-likeness (QED) is 0.893. The Morgan fingerprint density at radius 2 is 2.09 bits per heavy atom. The maximum atomic E-state index is 12.8. The number of benzene rings is 1. The van der Waals surface area contributed by atoms with Gasteiger partial charge in [-0.1, -0.05) is 6.07 Å². The third-order valence-electron chi connectivity index (χ3n) is 5.13. The van der Waals surface area contributed by atoms with E-state index in [-0.39, 0.29) is 23.5 Å². The molecule has 2 N–H and O–H groups in total. The summed E-state index contributed by atoms with van der Waals surface area (Å²) in [5, 5.41) is 9.61. The van der Waals surface area contributed by atoms with Gasteiger partial charge in [-0.3, -0.25) is 0 Å². The number of sulfonamides is 1. The molecule has 0 amide bonds. The van der Waals surface area contributed by atoms with E-state index in [1.807, 2.05) is 0 Å². The van der Waals surface area contributed by atoms with Crippen molar-refractivity contribution in [3.05, 3.63) is 18.2 Å². The Bertz CT molecular complexity index is 787. The summed E-state index contributed by atoms with van der Waals surface area (Å²) < 4.78 is 36.6. The second-order valence-corrected chi connectivity index (χ2v) is 8.43. The zero-order valence-electron chi connectivity index (χ0n) is 11.8. The first-order chi connectivity index (χ1) is 10.6. The van der Waals surface area contributed by atoms with Crippen LogP contribution in [0.1, 0.15) is 19.3 Å².